The minimum absolute atomic E-state index is 0.0701. The molecule has 1 unspecified atom stereocenters. The Hall–Kier alpha value is -1.83. The second-order valence-corrected chi connectivity index (χ2v) is 8.02. The Morgan fingerprint density at radius 1 is 1.05 bits per heavy atom. The highest BCUT2D eigenvalue weighted by atomic mass is 31.2. The van der Waals surface area contributed by atoms with E-state index >= 15 is 0 Å². The zero-order chi connectivity index (χ0) is 16.0. The Morgan fingerprint density at radius 2 is 1.73 bits per heavy atom. The molecule has 0 fully saturated rings. The van der Waals surface area contributed by atoms with Crippen LogP contribution in [0.25, 0.3) is 5.57 Å². The zero-order valence-electron chi connectivity index (χ0n) is 12.9. The van der Waals surface area contributed by atoms with E-state index in [-0.39, 0.29) is 5.41 Å². The van der Waals surface area contributed by atoms with Crippen molar-refractivity contribution in [2.75, 3.05) is 0 Å². The molecule has 1 aliphatic rings. The number of hydrogen-bond donors (Lipinski definition) is 0. The molecule has 3 nitrogen and oxygen atoms in total. The molecule has 0 spiro atoms. The minimum Gasteiger partial charge on any atom is -0.766 e. The highest BCUT2D eigenvalue weighted by Crippen LogP contribution is 2.51. The van der Waals surface area contributed by atoms with Gasteiger partial charge >= 0.3 is 0 Å². The van der Waals surface area contributed by atoms with Crippen molar-refractivity contribution >= 4 is 13.2 Å². The van der Waals surface area contributed by atoms with Gasteiger partial charge in [-0.2, -0.15) is 0 Å². The molecule has 0 aliphatic carbocycles. The topological polar surface area (TPSA) is 49.4 Å². The molecule has 22 heavy (non-hydrogen) atoms. The Kier molecular flexibility index (Phi) is 3.51. The van der Waals surface area contributed by atoms with Gasteiger partial charge in [-0.3, -0.25) is 4.57 Å². The lowest BCUT2D eigenvalue weighted by atomic mass is 9.85. The third kappa shape index (κ3) is 2.87. The summed E-state index contributed by atoms with van der Waals surface area (Å²) in [6, 6.07) is 15.3. The van der Waals surface area contributed by atoms with E-state index in [1.165, 1.54) is 5.82 Å². The molecule has 4 heteroatoms. The highest BCUT2D eigenvalue weighted by Gasteiger charge is 2.24. The van der Waals surface area contributed by atoms with Crippen LogP contribution in [0.5, 0.6) is 5.75 Å². The summed E-state index contributed by atoms with van der Waals surface area (Å²) in [4.78, 5) is 12.1. The maximum Gasteiger partial charge on any atom is 0.207 e. The molecule has 0 N–H and O–H groups in total. The summed E-state index contributed by atoms with van der Waals surface area (Å²) in [6.07, 6.45) is 0. The van der Waals surface area contributed by atoms with E-state index in [1.807, 2.05) is 48.5 Å². The summed E-state index contributed by atoms with van der Waals surface area (Å²) in [5.41, 5.74) is 3.33. The second-order valence-electron chi connectivity index (χ2n) is 6.50. The van der Waals surface area contributed by atoms with Gasteiger partial charge in [-0.15, -0.1) is 0 Å². The van der Waals surface area contributed by atoms with Gasteiger partial charge in [0.15, 0.2) is 0 Å². The van der Waals surface area contributed by atoms with Gasteiger partial charge in [0.1, 0.15) is 5.75 Å². The van der Waals surface area contributed by atoms with Gasteiger partial charge in [0.25, 0.3) is 0 Å². The number of benzene rings is 2. The SMILES string of the molecule is CC(C)(C)c1ccc2c(c1)OP(=O)([O-])C=C2c1ccccc1. The molecular formula is C18H18O3P-. The predicted octanol–water partition coefficient (Wildman–Crippen LogP) is 4.32. The van der Waals surface area contributed by atoms with Crippen molar-refractivity contribution in [3.05, 3.63) is 71.0 Å². The van der Waals surface area contributed by atoms with Crippen molar-refractivity contribution in [1.82, 2.24) is 0 Å². The predicted molar refractivity (Wildman–Crippen MR) is 86.9 cm³/mol. The largest absolute Gasteiger partial charge is 0.766 e. The van der Waals surface area contributed by atoms with Crippen LogP contribution in [0.15, 0.2) is 54.3 Å². The summed E-state index contributed by atoms with van der Waals surface area (Å²) < 4.78 is 17.3. The molecule has 1 atom stereocenters. The van der Waals surface area contributed by atoms with Gasteiger partial charge in [0.05, 0.1) is 0 Å². The molecular weight excluding hydrogens is 295 g/mol. The summed E-state index contributed by atoms with van der Waals surface area (Å²) in [7, 11) is -4.02. The van der Waals surface area contributed by atoms with Crippen LogP contribution in [0, 0.1) is 0 Å². The molecule has 0 amide bonds. The van der Waals surface area contributed by atoms with Crippen LogP contribution >= 0.6 is 7.60 Å². The van der Waals surface area contributed by atoms with E-state index in [0.717, 1.165) is 16.7 Å². The van der Waals surface area contributed by atoms with Gasteiger partial charge in [0, 0.05) is 11.4 Å². The molecule has 114 valence electrons. The summed E-state index contributed by atoms with van der Waals surface area (Å²) in [5.74, 6) is 1.63. The molecule has 2 aromatic carbocycles. The van der Waals surface area contributed by atoms with Crippen molar-refractivity contribution in [2.45, 2.75) is 26.2 Å². The van der Waals surface area contributed by atoms with Crippen molar-refractivity contribution < 1.29 is 14.0 Å². The number of hydrogen-bond acceptors (Lipinski definition) is 3. The van der Waals surface area contributed by atoms with Crippen LogP contribution in [0.2, 0.25) is 0 Å². The molecule has 0 saturated carbocycles. The lowest BCUT2D eigenvalue weighted by Crippen LogP contribution is -2.14. The van der Waals surface area contributed by atoms with Crippen LogP contribution in [-0.4, -0.2) is 0 Å². The van der Waals surface area contributed by atoms with Gasteiger partial charge in [-0.1, -0.05) is 63.2 Å². The summed E-state index contributed by atoms with van der Waals surface area (Å²) >= 11 is 0. The van der Waals surface area contributed by atoms with Crippen LogP contribution in [0.3, 0.4) is 0 Å². The Morgan fingerprint density at radius 3 is 2.36 bits per heavy atom. The van der Waals surface area contributed by atoms with Gasteiger partial charge in [-0.25, -0.2) is 0 Å². The fraction of sp³-hybridized carbons (Fsp3) is 0.222. The monoisotopic (exact) mass is 313 g/mol. The first kappa shape index (κ1) is 15.1. The van der Waals surface area contributed by atoms with E-state index in [1.54, 1.807) is 0 Å². The maximum absolute atomic E-state index is 12.1. The fourth-order valence-corrected chi connectivity index (χ4v) is 3.61. The fourth-order valence-electron chi connectivity index (χ4n) is 2.53. The first-order valence-electron chi connectivity index (χ1n) is 7.20. The van der Waals surface area contributed by atoms with Crippen molar-refractivity contribution in [2.24, 2.45) is 0 Å². The van der Waals surface area contributed by atoms with Crippen LogP contribution in [-0.2, 0) is 9.98 Å². The molecule has 0 radical (unpaired) electrons. The minimum atomic E-state index is -4.02. The third-order valence-electron chi connectivity index (χ3n) is 3.74. The Labute approximate surface area is 130 Å². The molecule has 2 aromatic rings. The van der Waals surface area contributed by atoms with E-state index < -0.39 is 7.60 Å². The lowest BCUT2D eigenvalue weighted by molar-refractivity contribution is -0.187. The van der Waals surface area contributed by atoms with Gasteiger partial charge in [0.2, 0.25) is 7.60 Å². The number of rotatable bonds is 1. The van der Waals surface area contributed by atoms with Gasteiger partial charge < -0.3 is 9.42 Å². The first-order valence-corrected chi connectivity index (χ1v) is 8.81. The number of fused-ring (bicyclic) bond motifs is 1. The standard InChI is InChI=1S/C18H19O3P/c1-18(2,3)14-9-10-15-16(13-7-5-4-6-8-13)12-22(19,20)21-17(15)11-14/h4-12H,1-3H3,(H,19,20)/p-1. The smallest absolute Gasteiger partial charge is 0.207 e. The van der Waals surface area contributed by atoms with E-state index in [9.17, 15) is 9.46 Å². The molecule has 1 aliphatic heterocycles. The van der Waals surface area contributed by atoms with Crippen LogP contribution in [0.4, 0.5) is 0 Å². The Balaban J connectivity index is 2.18. The molecule has 1 heterocycles. The lowest BCUT2D eigenvalue weighted by Gasteiger charge is -2.30. The average molecular weight is 313 g/mol. The van der Waals surface area contributed by atoms with Crippen molar-refractivity contribution in [1.29, 1.82) is 0 Å². The maximum atomic E-state index is 12.1. The van der Waals surface area contributed by atoms with Crippen molar-refractivity contribution in [3.8, 4) is 5.75 Å². The average Bonchev–Trinajstić information content (AvgIpc) is 2.44. The normalized spacial score (nSPS) is 20.8. The van der Waals surface area contributed by atoms with Crippen LogP contribution < -0.4 is 9.42 Å². The third-order valence-corrected chi connectivity index (χ3v) is 4.76. The molecule has 0 bridgehead atoms. The quantitative estimate of drug-likeness (QED) is 0.737. The summed E-state index contributed by atoms with van der Waals surface area (Å²) in [6.45, 7) is 6.26. The Bertz CT molecular complexity index is 786. The molecule has 0 saturated heterocycles. The van der Waals surface area contributed by atoms with E-state index in [0.29, 0.717) is 11.3 Å². The van der Waals surface area contributed by atoms with E-state index in [2.05, 4.69) is 20.8 Å². The zero-order valence-corrected chi connectivity index (χ0v) is 13.8. The first-order chi connectivity index (χ1) is 10.3. The van der Waals surface area contributed by atoms with Gasteiger partial charge in [-0.05, 0) is 28.2 Å². The van der Waals surface area contributed by atoms with E-state index in [4.69, 9.17) is 4.52 Å². The molecule has 3 rings (SSSR count). The van der Waals surface area contributed by atoms with Crippen LogP contribution in [0.1, 0.15) is 37.5 Å². The second kappa shape index (κ2) is 5.12. The van der Waals surface area contributed by atoms with Crippen molar-refractivity contribution in [3.63, 3.8) is 0 Å². The molecule has 0 aromatic heterocycles. The summed E-state index contributed by atoms with van der Waals surface area (Å²) in [5, 5.41) is 0. The highest BCUT2D eigenvalue weighted by molar-refractivity contribution is 7.55.